The van der Waals surface area contributed by atoms with Gasteiger partial charge in [-0.2, -0.15) is 5.26 Å². The van der Waals surface area contributed by atoms with Crippen molar-refractivity contribution in [1.29, 1.82) is 5.26 Å². The van der Waals surface area contributed by atoms with Gasteiger partial charge < -0.3 is 10.4 Å². The van der Waals surface area contributed by atoms with E-state index < -0.39 is 5.60 Å². The number of nitrogens with zero attached hydrogens (tertiary/aromatic N) is 1. The molecule has 0 saturated heterocycles. The van der Waals surface area contributed by atoms with Gasteiger partial charge in [0.05, 0.1) is 10.6 Å². The molecule has 1 fully saturated rings. The molecule has 0 bridgehead atoms. The Morgan fingerprint density at radius 2 is 2.36 bits per heavy atom. The average Bonchev–Trinajstić information content (AvgIpc) is 2.59. The van der Waals surface area contributed by atoms with Crippen LogP contribution in [0.4, 0.5) is 5.00 Å². The number of hydrogen-bond acceptors (Lipinski definition) is 4. The monoisotopic (exact) mass is 208 g/mol. The van der Waals surface area contributed by atoms with Gasteiger partial charge in [-0.05, 0) is 31.4 Å². The third-order valence-corrected chi connectivity index (χ3v) is 3.54. The molecule has 3 nitrogen and oxygen atoms in total. The second kappa shape index (κ2) is 3.60. The van der Waals surface area contributed by atoms with Crippen LogP contribution in [0.5, 0.6) is 0 Å². The number of nitriles is 1. The smallest absolute Gasteiger partial charge is 0.110 e. The molecule has 1 aromatic heterocycles. The van der Waals surface area contributed by atoms with E-state index in [4.69, 9.17) is 5.26 Å². The van der Waals surface area contributed by atoms with Crippen molar-refractivity contribution in [2.24, 2.45) is 0 Å². The van der Waals surface area contributed by atoms with Crippen LogP contribution >= 0.6 is 11.3 Å². The SMILES string of the molecule is N#Cc1ccc(NCC2(O)CCC2)s1. The first kappa shape index (κ1) is 9.50. The maximum absolute atomic E-state index is 9.81. The van der Waals surface area contributed by atoms with Crippen LogP contribution in [0.2, 0.25) is 0 Å². The molecule has 1 saturated carbocycles. The van der Waals surface area contributed by atoms with Crippen molar-refractivity contribution >= 4 is 16.3 Å². The summed E-state index contributed by atoms with van der Waals surface area (Å²) in [5.74, 6) is 0. The van der Waals surface area contributed by atoms with E-state index in [2.05, 4.69) is 11.4 Å². The molecule has 2 rings (SSSR count). The van der Waals surface area contributed by atoms with Crippen LogP contribution in [-0.4, -0.2) is 17.3 Å². The molecule has 0 unspecified atom stereocenters. The number of hydrogen-bond donors (Lipinski definition) is 2. The van der Waals surface area contributed by atoms with Crippen LogP contribution in [0.15, 0.2) is 12.1 Å². The second-order valence-electron chi connectivity index (χ2n) is 3.71. The van der Waals surface area contributed by atoms with Gasteiger partial charge in [-0.15, -0.1) is 11.3 Å². The summed E-state index contributed by atoms with van der Waals surface area (Å²) in [7, 11) is 0. The van der Waals surface area contributed by atoms with E-state index in [1.165, 1.54) is 11.3 Å². The molecule has 0 atom stereocenters. The molecule has 2 N–H and O–H groups in total. The van der Waals surface area contributed by atoms with Crippen molar-refractivity contribution in [2.75, 3.05) is 11.9 Å². The number of thiophene rings is 1. The molecule has 1 aliphatic carbocycles. The van der Waals surface area contributed by atoms with Crippen LogP contribution in [0.25, 0.3) is 0 Å². The van der Waals surface area contributed by atoms with Gasteiger partial charge in [0, 0.05) is 6.54 Å². The van der Waals surface area contributed by atoms with Crippen LogP contribution in [0.1, 0.15) is 24.1 Å². The minimum absolute atomic E-state index is 0.503. The lowest BCUT2D eigenvalue weighted by Crippen LogP contribution is -2.43. The van der Waals surface area contributed by atoms with E-state index in [0.717, 1.165) is 24.3 Å². The van der Waals surface area contributed by atoms with E-state index in [9.17, 15) is 5.11 Å². The zero-order valence-corrected chi connectivity index (χ0v) is 8.60. The fourth-order valence-electron chi connectivity index (χ4n) is 1.51. The molecule has 4 heteroatoms. The lowest BCUT2D eigenvalue weighted by Gasteiger charge is -2.36. The first-order valence-electron chi connectivity index (χ1n) is 4.68. The fraction of sp³-hybridized carbons (Fsp3) is 0.500. The van der Waals surface area contributed by atoms with Crippen LogP contribution in [-0.2, 0) is 0 Å². The Kier molecular flexibility index (Phi) is 2.44. The molecule has 0 aliphatic heterocycles. The van der Waals surface area contributed by atoms with Gasteiger partial charge in [-0.25, -0.2) is 0 Å². The van der Waals surface area contributed by atoms with Crippen molar-refractivity contribution < 1.29 is 5.11 Å². The zero-order valence-electron chi connectivity index (χ0n) is 7.79. The summed E-state index contributed by atoms with van der Waals surface area (Å²) in [4.78, 5) is 0.702. The third-order valence-electron chi connectivity index (χ3n) is 2.59. The highest BCUT2D eigenvalue weighted by Gasteiger charge is 2.33. The highest BCUT2D eigenvalue weighted by molar-refractivity contribution is 7.16. The van der Waals surface area contributed by atoms with Gasteiger partial charge in [-0.1, -0.05) is 0 Å². The van der Waals surface area contributed by atoms with Crippen LogP contribution in [0.3, 0.4) is 0 Å². The average molecular weight is 208 g/mol. The van der Waals surface area contributed by atoms with Gasteiger partial charge in [0.1, 0.15) is 10.9 Å². The second-order valence-corrected chi connectivity index (χ2v) is 4.79. The highest BCUT2D eigenvalue weighted by Crippen LogP contribution is 2.32. The van der Waals surface area contributed by atoms with Gasteiger partial charge in [0.2, 0.25) is 0 Å². The lowest BCUT2D eigenvalue weighted by molar-refractivity contribution is -0.0201. The summed E-state index contributed by atoms with van der Waals surface area (Å²) in [6, 6.07) is 5.76. The van der Waals surface area contributed by atoms with Crippen molar-refractivity contribution in [2.45, 2.75) is 24.9 Å². The summed E-state index contributed by atoms with van der Waals surface area (Å²) in [6.07, 6.45) is 2.89. The minimum Gasteiger partial charge on any atom is -0.388 e. The topological polar surface area (TPSA) is 56.0 Å². The van der Waals surface area contributed by atoms with Gasteiger partial charge in [-0.3, -0.25) is 0 Å². The highest BCUT2D eigenvalue weighted by atomic mass is 32.1. The molecular weight excluding hydrogens is 196 g/mol. The number of rotatable bonds is 3. The van der Waals surface area contributed by atoms with Crippen LogP contribution < -0.4 is 5.32 Å². The van der Waals surface area contributed by atoms with Gasteiger partial charge in [0.15, 0.2) is 0 Å². The predicted molar refractivity (Wildman–Crippen MR) is 56.3 cm³/mol. The van der Waals surface area contributed by atoms with E-state index in [1.54, 1.807) is 6.07 Å². The Bertz CT molecular complexity index is 362. The quantitative estimate of drug-likeness (QED) is 0.798. The van der Waals surface area contributed by atoms with E-state index in [1.807, 2.05) is 6.07 Å². The summed E-state index contributed by atoms with van der Waals surface area (Å²) in [5.41, 5.74) is -0.503. The Labute approximate surface area is 87.0 Å². The largest absolute Gasteiger partial charge is 0.388 e. The Morgan fingerprint density at radius 1 is 1.57 bits per heavy atom. The normalized spacial score (nSPS) is 18.3. The zero-order chi connectivity index (χ0) is 10.0. The molecule has 0 radical (unpaired) electrons. The molecule has 0 amide bonds. The predicted octanol–water partition coefficient (Wildman–Crippen LogP) is 1.95. The molecule has 74 valence electrons. The molecular formula is C10H12N2OS. The number of nitrogens with one attached hydrogen (secondary N) is 1. The summed E-state index contributed by atoms with van der Waals surface area (Å²) in [6.45, 7) is 0.596. The van der Waals surface area contributed by atoms with Gasteiger partial charge in [0.25, 0.3) is 0 Å². The minimum atomic E-state index is -0.503. The third kappa shape index (κ3) is 1.89. The van der Waals surface area contributed by atoms with Gasteiger partial charge >= 0.3 is 0 Å². The first-order chi connectivity index (χ1) is 6.72. The Balaban J connectivity index is 1.89. The summed E-state index contributed by atoms with van der Waals surface area (Å²) >= 11 is 1.42. The maximum Gasteiger partial charge on any atom is 0.110 e. The number of anilines is 1. The molecule has 1 heterocycles. The lowest BCUT2D eigenvalue weighted by atomic mass is 9.80. The Morgan fingerprint density at radius 3 is 2.86 bits per heavy atom. The molecule has 1 aliphatic rings. The first-order valence-corrected chi connectivity index (χ1v) is 5.50. The van der Waals surface area contributed by atoms with Crippen molar-refractivity contribution in [3.05, 3.63) is 17.0 Å². The summed E-state index contributed by atoms with van der Waals surface area (Å²) in [5, 5.41) is 22.6. The molecule has 0 spiro atoms. The summed E-state index contributed by atoms with van der Waals surface area (Å²) < 4.78 is 0. The standard InChI is InChI=1S/C10H12N2OS/c11-6-8-2-3-9(14-8)12-7-10(13)4-1-5-10/h2-3,12-13H,1,4-5,7H2. The van der Waals surface area contributed by atoms with E-state index >= 15 is 0 Å². The van der Waals surface area contributed by atoms with E-state index in [0.29, 0.717) is 11.4 Å². The number of aliphatic hydroxyl groups is 1. The molecule has 0 aromatic carbocycles. The van der Waals surface area contributed by atoms with Crippen LogP contribution in [0, 0.1) is 11.3 Å². The molecule has 1 aromatic rings. The maximum atomic E-state index is 9.81. The van der Waals surface area contributed by atoms with Crippen molar-refractivity contribution in [3.8, 4) is 6.07 Å². The van der Waals surface area contributed by atoms with Crippen molar-refractivity contribution in [3.63, 3.8) is 0 Å². The fourth-order valence-corrected chi connectivity index (χ4v) is 2.21. The Hall–Kier alpha value is -1.05. The van der Waals surface area contributed by atoms with E-state index in [-0.39, 0.29) is 0 Å². The van der Waals surface area contributed by atoms with Crippen molar-refractivity contribution in [1.82, 2.24) is 0 Å². The molecule has 14 heavy (non-hydrogen) atoms.